The van der Waals surface area contributed by atoms with Crippen LogP contribution < -0.4 is 4.74 Å². The zero-order valence-corrected chi connectivity index (χ0v) is 15.5. The van der Waals surface area contributed by atoms with E-state index in [1.54, 1.807) is 31.4 Å². The number of rotatable bonds is 4. The summed E-state index contributed by atoms with van der Waals surface area (Å²) in [5.41, 5.74) is 2.13. The molecule has 1 aliphatic heterocycles. The molecule has 2 aromatic rings. The Balaban J connectivity index is 1.74. The fraction of sp³-hybridized carbons (Fsp3) is 0.409. The zero-order chi connectivity index (χ0) is 18.6. The lowest BCUT2D eigenvalue weighted by Gasteiger charge is -2.25. The first kappa shape index (κ1) is 18.0. The van der Waals surface area contributed by atoms with Gasteiger partial charge in [-0.3, -0.25) is 0 Å². The molecule has 2 unspecified atom stereocenters. The maximum Gasteiger partial charge on any atom is 0.239 e. The van der Waals surface area contributed by atoms with Gasteiger partial charge in [0.2, 0.25) is 17.5 Å². The maximum absolute atomic E-state index is 13.4. The Morgan fingerprint density at radius 3 is 2.30 bits per heavy atom. The number of benzene rings is 2. The number of hydrogen-bond acceptors (Lipinski definition) is 4. The van der Waals surface area contributed by atoms with E-state index >= 15 is 0 Å². The number of methoxy groups -OCH3 is 1. The molecule has 1 heterocycles. The molecule has 4 rings (SSSR count). The lowest BCUT2D eigenvalue weighted by molar-refractivity contribution is -0.366. The maximum atomic E-state index is 13.4. The minimum absolute atomic E-state index is 0.310. The van der Waals surface area contributed by atoms with Crippen molar-refractivity contribution in [3.63, 3.8) is 0 Å². The third-order valence-electron chi connectivity index (χ3n) is 5.54. The molecule has 0 spiro atoms. The molecule has 27 heavy (non-hydrogen) atoms. The van der Waals surface area contributed by atoms with Crippen molar-refractivity contribution in [2.45, 2.75) is 44.3 Å². The Morgan fingerprint density at radius 1 is 0.926 bits per heavy atom. The van der Waals surface area contributed by atoms with Gasteiger partial charge < -0.3 is 9.94 Å². The predicted octanol–water partition coefficient (Wildman–Crippen LogP) is 4.93. The summed E-state index contributed by atoms with van der Waals surface area (Å²) in [5.74, 6) is 1.04. The Morgan fingerprint density at radius 2 is 1.63 bits per heavy atom. The van der Waals surface area contributed by atoms with E-state index in [9.17, 15) is 5.21 Å². The summed E-state index contributed by atoms with van der Waals surface area (Å²) in [6, 6.07) is 16.9. The third-order valence-corrected chi connectivity index (χ3v) is 5.54. The van der Waals surface area contributed by atoms with Crippen LogP contribution in [0.2, 0.25) is 0 Å². The highest BCUT2D eigenvalue weighted by Gasteiger charge is 2.47. The second-order valence-electron chi connectivity index (χ2n) is 7.22. The average molecular weight is 367 g/mol. The normalized spacial score (nSPS) is 25.4. The molecule has 142 valence electrons. The summed E-state index contributed by atoms with van der Waals surface area (Å²) in [5, 5.41) is 13.4. The van der Waals surface area contributed by atoms with Crippen molar-refractivity contribution in [3.05, 3.63) is 65.4 Å². The minimum atomic E-state index is -0.488. The van der Waals surface area contributed by atoms with E-state index in [1.165, 1.54) is 19.3 Å². The molecule has 1 saturated carbocycles. The van der Waals surface area contributed by atoms with Gasteiger partial charge in [-0.2, -0.15) is 4.74 Å². The second kappa shape index (κ2) is 8.11. The molecule has 2 aromatic carbocycles. The molecule has 2 atom stereocenters. The van der Waals surface area contributed by atoms with E-state index in [0.717, 1.165) is 28.9 Å². The van der Waals surface area contributed by atoms with E-state index in [2.05, 4.69) is 0 Å². The van der Waals surface area contributed by atoms with Gasteiger partial charge in [-0.15, -0.1) is 0 Å². The smallest absolute Gasteiger partial charge is 0.239 e. The zero-order valence-electron chi connectivity index (χ0n) is 15.5. The summed E-state index contributed by atoms with van der Waals surface area (Å²) in [4.78, 5) is 11.5. The summed E-state index contributed by atoms with van der Waals surface area (Å²) < 4.78 is 6.19. The molecular weight excluding hydrogens is 342 g/mol. The second-order valence-corrected chi connectivity index (χ2v) is 7.22. The van der Waals surface area contributed by atoms with E-state index < -0.39 is 6.10 Å². The van der Waals surface area contributed by atoms with Gasteiger partial charge in [0, 0.05) is 12.1 Å². The third kappa shape index (κ3) is 3.70. The van der Waals surface area contributed by atoms with E-state index in [0.29, 0.717) is 17.3 Å². The summed E-state index contributed by atoms with van der Waals surface area (Å²) in [7, 11) is 1.61. The standard InChI is InChI=1S/C22H25NO4/c1-25-19-14-12-18(13-15-19)23(24)20-21(16-8-4-2-5-9-16)26-27-22(20)17-10-6-3-7-11-17/h2,4-5,8-9,12-15,17,21-22H,3,6-7,10-11H2,1H3/b23-20+. The van der Waals surface area contributed by atoms with E-state index in [4.69, 9.17) is 14.5 Å². The van der Waals surface area contributed by atoms with Gasteiger partial charge in [-0.05, 0) is 36.5 Å². The Bertz CT molecular complexity index is 782. The summed E-state index contributed by atoms with van der Waals surface area (Å²) in [6.07, 6.45) is 4.93. The number of hydrogen-bond donors (Lipinski definition) is 0. The number of ether oxygens (including phenoxy) is 1. The molecule has 0 aromatic heterocycles. The molecule has 1 aliphatic carbocycles. The fourth-order valence-electron chi connectivity index (χ4n) is 4.06. The average Bonchev–Trinajstić information content (AvgIpc) is 3.20. The van der Waals surface area contributed by atoms with Crippen molar-refractivity contribution in [1.29, 1.82) is 0 Å². The SMILES string of the molecule is COc1ccc(/[N+]([O-])=C2/C(c3ccccc3)OOC2C2CCCCC2)cc1. The monoisotopic (exact) mass is 367 g/mol. The van der Waals surface area contributed by atoms with Crippen LogP contribution in [0.1, 0.15) is 43.8 Å². The van der Waals surface area contributed by atoms with Crippen molar-refractivity contribution in [3.8, 4) is 5.75 Å². The van der Waals surface area contributed by atoms with Gasteiger partial charge in [-0.25, -0.2) is 9.78 Å². The molecule has 1 saturated heterocycles. The highest BCUT2D eigenvalue weighted by molar-refractivity contribution is 5.91. The van der Waals surface area contributed by atoms with Gasteiger partial charge in [-0.1, -0.05) is 49.6 Å². The van der Waals surface area contributed by atoms with Crippen molar-refractivity contribution < 1.29 is 19.3 Å². The van der Waals surface area contributed by atoms with Gasteiger partial charge in [0.1, 0.15) is 5.75 Å². The minimum Gasteiger partial charge on any atom is -0.618 e. The largest absolute Gasteiger partial charge is 0.618 e. The lowest BCUT2D eigenvalue weighted by atomic mass is 9.82. The Labute approximate surface area is 159 Å². The van der Waals surface area contributed by atoms with Crippen LogP contribution >= 0.6 is 0 Å². The van der Waals surface area contributed by atoms with Crippen LogP contribution in [0.5, 0.6) is 5.75 Å². The van der Waals surface area contributed by atoms with Crippen molar-refractivity contribution in [2.24, 2.45) is 5.92 Å². The van der Waals surface area contributed by atoms with Crippen LogP contribution in [0.25, 0.3) is 0 Å². The van der Waals surface area contributed by atoms with Crippen LogP contribution in [-0.4, -0.2) is 23.7 Å². The molecule has 0 bridgehead atoms. The molecule has 5 nitrogen and oxygen atoms in total. The first-order chi connectivity index (χ1) is 13.3. The molecule has 2 fully saturated rings. The van der Waals surface area contributed by atoms with E-state index in [1.807, 2.05) is 30.3 Å². The van der Waals surface area contributed by atoms with Crippen molar-refractivity contribution >= 4 is 11.4 Å². The van der Waals surface area contributed by atoms with Crippen LogP contribution in [-0.2, 0) is 9.78 Å². The van der Waals surface area contributed by atoms with Crippen LogP contribution in [0.3, 0.4) is 0 Å². The van der Waals surface area contributed by atoms with E-state index in [-0.39, 0.29) is 6.10 Å². The molecule has 5 heteroatoms. The van der Waals surface area contributed by atoms with Crippen LogP contribution in [0, 0.1) is 11.1 Å². The molecule has 0 radical (unpaired) electrons. The van der Waals surface area contributed by atoms with Gasteiger partial charge in [0.15, 0.2) is 6.10 Å². The quantitative estimate of drug-likeness (QED) is 0.333. The Hall–Kier alpha value is -2.37. The van der Waals surface area contributed by atoms with Gasteiger partial charge >= 0.3 is 0 Å². The number of nitrogens with zero attached hydrogens (tertiary/aromatic N) is 1. The predicted molar refractivity (Wildman–Crippen MR) is 103 cm³/mol. The topological polar surface area (TPSA) is 53.8 Å². The van der Waals surface area contributed by atoms with Crippen LogP contribution in [0.4, 0.5) is 5.69 Å². The van der Waals surface area contributed by atoms with Gasteiger partial charge in [0.05, 0.1) is 7.11 Å². The molecule has 0 amide bonds. The summed E-state index contributed by atoms with van der Waals surface area (Å²) in [6.45, 7) is 0. The van der Waals surface area contributed by atoms with Crippen molar-refractivity contribution in [1.82, 2.24) is 0 Å². The molecule has 2 aliphatic rings. The fourth-order valence-corrected chi connectivity index (χ4v) is 4.06. The highest BCUT2D eigenvalue weighted by Crippen LogP contribution is 2.38. The van der Waals surface area contributed by atoms with Crippen molar-refractivity contribution in [2.75, 3.05) is 7.11 Å². The first-order valence-electron chi connectivity index (χ1n) is 9.63. The first-order valence-corrected chi connectivity index (χ1v) is 9.63. The highest BCUT2D eigenvalue weighted by atomic mass is 17.2. The lowest BCUT2D eigenvalue weighted by Crippen LogP contribution is -2.34. The Kier molecular flexibility index (Phi) is 5.41. The van der Waals surface area contributed by atoms with Gasteiger partial charge in [0.25, 0.3) is 0 Å². The molecular formula is C22H25NO4. The molecule has 0 N–H and O–H groups in total. The van der Waals surface area contributed by atoms with Crippen LogP contribution in [0.15, 0.2) is 54.6 Å². The summed E-state index contributed by atoms with van der Waals surface area (Å²) >= 11 is 0.